The average molecular weight is 615 g/mol. The Balaban J connectivity index is 1.24. The number of hydrogen-bond acceptors (Lipinski definition) is 8. The van der Waals surface area contributed by atoms with E-state index in [1.807, 2.05) is 73.7 Å². The number of aromatic nitrogens is 4. The summed E-state index contributed by atoms with van der Waals surface area (Å²) >= 11 is 1.63. The monoisotopic (exact) mass is 614 g/mol. The fourth-order valence-electron chi connectivity index (χ4n) is 5.98. The molecule has 0 spiro atoms. The van der Waals surface area contributed by atoms with E-state index in [2.05, 4.69) is 38.7 Å². The van der Waals surface area contributed by atoms with E-state index in [1.165, 1.54) is 0 Å². The minimum absolute atomic E-state index is 0.0922. The molecule has 1 fully saturated rings. The van der Waals surface area contributed by atoms with E-state index < -0.39 is 0 Å². The van der Waals surface area contributed by atoms with Crippen molar-refractivity contribution in [3.8, 4) is 28.0 Å². The van der Waals surface area contributed by atoms with Crippen LogP contribution in [0.3, 0.4) is 0 Å². The van der Waals surface area contributed by atoms with Gasteiger partial charge >= 0.3 is 0 Å². The third-order valence-corrected chi connectivity index (χ3v) is 9.20. The van der Waals surface area contributed by atoms with Crippen LogP contribution in [0.1, 0.15) is 23.3 Å². The predicted molar refractivity (Wildman–Crippen MR) is 181 cm³/mol. The summed E-state index contributed by atoms with van der Waals surface area (Å²) in [5.41, 5.74) is 6.04. The topological polar surface area (TPSA) is 85.2 Å². The van der Waals surface area contributed by atoms with Crippen LogP contribution in [0, 0.1) is 6.92 Å². The van der Waals surface area contributed by atoms with Gasteiger partial charge in [0.05, 0.1) is 6.54 Å². The number of piperidine rings is 1. The summed E-state index contributed by atoms with van der Waals surface area (Å²) in [7, 11) is 2.13. The molecule has 0 bridgehead atoms. The summed E-state index contributed by atoms with van der Waals surface area (Å²) in [6, 6.07) is 23.8. The Morgan fingerprint density at radius 2 is 1.82 bits per heavy atom. The van der Waals surface area contributed by atoms with Crippen LogP contribution in [-0.4, -0.2) is 50.7 Å². The molecule has 226 valence electrons. The first-order valence-electron chi connectivity index (χ1n) is 15.2. The van der Waals surface area contributed by atoms with Gasteiger partial charge in [-0.1, -0.05) is 24.3 Å². The van der Waals surface area contributed by atoms with Gasteiger partial charge in [0.1, 0.15) is 17.5 Å². The van der Waals surface area contributed by atoms with Crippen LogP contribution >= 0.6 is 11.3 Å². The Morgan fingerprint density at radius 1 is 1.00 bits per heavy atom. The third-order valence-electron chi connectivity index (χ3n) is 8.30. The number of pyridine rings is 2. The van der Waals surface area contributed by atoms with Gasteiger partial charge in [0, 0.05) is 46.6 Å². The van der Waals surface area contributed by atoms with Gasteiger partial charge in [-0.15, -0.1) is 11.3 Å². The van der Waals surface area contributed by atoms with E-state index >= 15 is 0 Å². The number of likely N-dealkylation sites (tertiary alicyclic amines) is 1. The number of hydrogen-bond donors (Lipinski definition) is 1. The molecular weight excluding hydrogens is 581 g/mol. The molecule has 1 N–H and O–H groups in total. The average Bonchev–Trinajstić information content (AvgIpc) is 3.52. The zero-order chi connectivity index (χ0) is 30.8. The molecule has 1 atom stereocenters. The molecule has 0 radical (unpaired) electrons. The molecule has 7 rings (SSSR count). The fraction of sp³-hybridized carbons (Fsp3) is 0.222. The van der Waals surface area contributed by atoms with Gasteiger partial charge in [-0.3, -0.25) is 14.3 Å². The lowest BCUT2D eigenvalue weighted by molar-refractivity contribution is 0.104. The molecule has 0 aliphatic carbocycles. The molecule has 8 nitrogen and oxygen atoms in total. The van der Waals surface area contributed by atoms with Crippen molar-refractivity contribution in [1.82, 2.24) is 24.4 Å². The molecule has 1 saturated heterocycles. The van der Waals surface area contributed by atoms with Crippen molar-refractivity contribution < 1.29 is 4.74 Å². The molecule has 0 amide bonds. The number of benzene rings is 2. The summed E-state index contributed by atoms with van der Waals surface area (Å²) in [4.78, 5) is 31.3. The van der Waals surface area contributed by atoms with Gasteiger partial charge in [-0.25, -0.2) is 4.98 Å². The van der Waals surface area contributed by atoms with E-state index in [0.717, 1.165) is 69.9 Å². The summed E-state index contributed by atoms with van der Waals surface area (Å²) in [6.07, 6.45) is 7.78. The molecule has 5 heterocycles. The van der Waals surface area contributed by atoms with Crippen LogP contribution < -0.4 is 15.6 Å². The van der Waals surface area contributed by atoms with Crippen molar-refractivity contribution in [1.29, 1.82) is 0 Å². The highest BCUT2D eigenvalue weighted by atomic mass is 32.1. The Hall–Kier alpha value is -4.86. The minimum atomic E-state index is -0.0922. The number of aryl methyl sites for hydroxylation is 1. The van der Waals surface area contributed by atoms with Crippen LogP contribution in [-0.2, 0) is 6.54 Å². The maximum Gasteiger partial charge on any atom is 0.260 e. The number of likely N-dealkylation sites (N-methyl/N-ethyl adjacent to an activating group) is 1. The smallest absolute Gasteiger partial charge is 0.260 e. The number of fused-ring (bicyclic) bond motifs is 1. The van der Waals surface area contributed by atoms with Crippen molar-refractivity contribution >= 4 is 34.0 Å². The Kier molecular flexibility index (Phi) is 8.11. The van der Waals surface area contributed by atoms with Crippen molar-refractivity contribution in [3.63, 3.8) is 0 Å². The van der Waals surface area contributed by atoms with E-state index in [0.29, 0.717) is 23.7 Å². The van der Waals surface area contributed by atoms with Crippen LogP contribution in [0.5, 0.6) is 5.75 Å². The van der Waals surface area contributed by atoms with Crippen molar-refractivity contribution in [2.24, 2.45) is 0 Å². The minimum Gasteiger partial charge on any atom is -0.489 e. The van der Waals surface area contributed by atoms with Crippen molar-refractivity contribution in [2.75, 3.05) is 25.5 Å². The normalized spacial score (nSPS) is 15.3. The number of ether oxygens (including phenoxy) is 1. The lowest BCUT2D eigenvalue weighted by Gasteiger charge is -2.30. The number of nitrogens with zero attached hydrogens (tertiary/aromatic N) is 5. The van der Waals surface area contributed by atoms with Crippen molar-refractivity contribution in [3.05, 3.63) is 118 Å². The van der Waals surface area contributed by atoms with E-state index in [1.54, 1.807) is 34.5 Å². The molecular formula is C36H34N6O2S. The summed E-state index contributed by atoms with van der Waals surface area (Å²) < 4.78 is 8.00. The molecule has 0 saturated carbocycles. The molecule has 45 heavy (non-hydrogen) atoms. The van der Waals surface area contributed by atoms with E-state index in [9.17, 15) is 4.79 Å². The van der Waals surface area contributed by atoms with Crippen LogP contribution in [0.2, 0.25) is 0 Å². The number of nitrogens with one attached hydrogen (secondary N) is 1. The van der Waals surface area contributed by atoms with E-state index in [-0.39, 0.29) is 11.7 Å². The van der Waals surface area contributed by atoms with Crippen LogP contribution in [0.15, 0.2) is 102 Å². The first-order valence-corrected chi connectivity index (χ1v) is 16.1. The standard InChI is InChI=1S/C36H34N6O2S/c1-24-6-3-4-8-30(24)32-20-26-21-38-36(39-27-9-11-28(12-10-27)44-29-7-5-18-41(2)22-29)40-34(26)42(35(32)43)23-33-31(15-19-45-33)25-13-16-37-17-14-25/h3-4,6,8-17,19-21,29H,5,7,18,22-23H2,1-2H3,(H,38,39,40). The quantitative estimate of drug-likeness (QED) is 0.195. The summed E-state index contributed by atoms with van der Waals surface area (Å²) in [5.74, 6) is 1.27. The number of rotatable bonds is 8. The fourth-order valence-corrected chi connectivity index (χ4v) is 6.87. The maximum absolute atomic E-state index is 14.3. The van der Waals surface area contributed by atoms with Crippen molar-refractivity contribution in [2.45, 2.75) is 32.4 Å². The molecule has 9 heteroatoms. The highest BCUT2D eigenvalue weighted by Gasteiger charge is 2.19. The molecule has 1 aliphatic rings. The van der Waals surface area contributed by atoms with Gasteiger partial charge in [0.2, 0.25) is 5.95 Å². The second-order valence-electron chi connectivity index (χ2n) is 11.5. The van der Waals surface area contributed by atoms with Gasteiger partial charge in [-0.05, 0) is 110 Å². The highest BCUT2D eigenvalue weighted by Crippen LogP contribution is 2.31. The second-order valence-corrected chi connectivity index (χ2v) is 12.5. The summed E-state index contributed by atoms with van der Waals surface area (Å²) in [6.45, 7) is 4.46. The third kappa shape index (κ3) is 6.22. The zero-order valence-corrected chi connectivity index (χ0v) is 26.1. The molecule has 1 unspecified atom stereocenters. The SMILES string of the molecule is Cc1ccccc1-c1cc2cnc(Nc3ccc(OC4CCCN(C)C4)cc3)nc2n(Cc2sccc2-c2ccncc2)c1=O. The maximum atomic E-state index is 14.3. The van der Waals surface area contributed by atoms with Gasteiger partial charge in [0.25, 0.3) is 5.56 Å². The highest BCUT2D eigenvalue weighted by molar-refractivity contribution is 7.10. The molecule has 4 aromatic heterocycles. The van der Waals surface area contributed by atoms with Gasteiger partial charge < -0.3 is 15.0 Å². The lowest BCUT2D eigenvalue weighted by atomic mass is 10.0. The zero-order valence-electron chi connectivity index (χ0n) is 25.3. The largest absolute Gasteiger partial charge is 0.489 e. The first kappa shape index (κ1) is 28.9. The Labute approximate surface area is 266 Å². The summed E-state index contributed by atoms with van der Waals surface area (Å²) in [5, 5.41) is 6.18. The molecule has 1 aliphatic heterocycles. The predicted octanol–water partition coefficient (Wildman–Crippen LogP) is 7.16. The Morgan fingerprint density at radius 3 is 2.62 bits per heavy atom. The second kappa shape index (κ2) is 12.6. The first-order chi connectivity index (χ1) is 22.0. The van der Waals surface area contributed by atoms with E-state index in [4.69, 9.17) is 9.72 Å². The number of anilines is 2. The van der Waals surface area contributed by atoms with Crippen LogP contribution in [0.25, 0.3) is 33.3 Å². The molecule has 2 aromatic carbocycles. The van der Waals surface area contributed by atoms with Crippen LogP contribution in [0.4, 0.5) is 11.6 Å². The Bertz CT molecular complexity index is 2010. The molecule has 6 aromatic rings. The number of thiophene rings is 1. The lowest BCUT2D eigenvalue weighted by Crippen LogP contribution is -2.38. The van der Waals surface area contributed by atoms with Gasteiger partial charge in [-0.2, -0.15) is 4.98 Å². The van der Waals surface area contributed by atoms with Gasteiger partial charge in [0.15, 0.2) is 0 Å².